The van der Waals surface area contributed by atoms with Crippen molar-refractivity contribution in [3.8, 4) is 0 Å². The molecule has 0 aromatic heterocycles. The van der Waals surface area contributed by atoms with Crippen molar-refractivity contribution in [3.05, 3.63) is 34.9 Å². The van der Waals surface area contributed by atoms with Gasteiger partial charge < -0.3 is 5.32 Å². The Morgan fingerprint density at radius 2 is 2.06 bits per heavy atom. The number of halogens is 3. The molecular weight excluding hydrogens is 215 g/mol. The summed E-state index contributed by atoms with van der Waals surface area (Å²) in [6, 6.07) is 2.35. The first kappa shape index (κ1) is 11.5. The van der Waals surface area contributed by atoms with E-state index in [1.165, 1.54) is 19.1 Å². The first-order valence-corrected chi connectivity index (χ1v) is 5.43. The van der Waals surface area contributed by atoms with Gasteiger partial charge in [0, 0.05) is 11.6 Å². The third-order valence-electron chi connectivity index (χ3n) is 3.05. The topological polar surface area (TPSA) is 12.0 Å². The minimum absolute atomic E-state index is 0.178. The molecule has 0 radical (unpaired) electrons. The molecule has 2 unspecified atom stereocenters. The smallest absolute Gasteiger partial charge is 0.165 e. The Morgan fingerprint density at radius 3 is 2.69 bits per heavy atom. The highest BCUT2D eigenvalue weighted by Gasteiger charge is 2.29. The van der Waals surface area contributed by atoms with Crippen LogP contribution < -0.4 is 5.32 Å². The summed E-state index contributed by atoms with van der Waals surface area (Å²) in [6.45, 7) is 2.20. The van der Waals surface area contributed by atoms with Crippen molar-refractivity contribution in [2.75, 3.05) is 6.54 Å². The lowest BCUT2D eigenvalue weighted by molar-refractivity contribution is 0.261. The number of aryl methyl sites for hydroxylation is 1. The van der Waals surface area contributed by atoms with E-state index in [0.29, 0.717) is 6.42 Å². The zero-order chi connectivity index (χ0) is 11.7. The first-order chi connectivity index (χ1) is 7.61. The third-order valence-corrected chi connectivity index (χ3v) is 3.05. The zero-order valence-corrected chi connectivity index (χ0v) is 9.06. The number of nitrogens with one attached hydrogen (secondary N) is 1. The van der Waals surface area contributed by atoms with E-state index in [-0.39, 0.29) is 11.1 Å². The largest absolute Gasteiger partial charge is 0.311 e. The van der Waals surface area contributed by atoms with Crippen molar-refractivity contribution in [1.29, 1.82) is 0 Å². The quantitative estimate of drug-likeness (QED) is 0.822. The number of hydrogen-bond acceptors (Lipinski definition) is 1. The first-order valence-electron chi connectivity index (χ1n) is 5.43. The molecule has 1 N–H and O–H groups in total. The van der Waals surface area contributed by atoms with Gasteiger partial charge in [0.25, 0.3) is 0 Å². The number of rotatable bonds is 2. The molecule has 1 heterocycles. The van der Waals surface area contributed by atoms with Gasteiger partial charge in [-0.3, -0.25) is 0 Å². The normalized spacial score (nSPS) is 22.4. The lowest BCUT2D eigenvalue weighted by atomic mass is 10.0. The van der Waals surface area contributed by atoms with Gasteiger partial charge in [-0.2, -0.15) is 0 Å². The van der Waals surface area contributed by atoms with Gasteiger partial charge in [0.05, 0.1) is 0 Å². The zero-order valence-electron chi connectivity index (χ0n) is 9.06. The van der Waals surface area contributed by atoms with Gasteiger partial charge in [0.1, 0.15) is 6.17 Å². The molecule has 1 saturated heterocycles. The van der Waals surface area contributed by atoms with Gasteiger partial charge in [0.2, 0.25) is 0 Å². The minimum atomic E-state index is -1.47. The second kappa shape index (κ2) is 4.45. The van der Waals surface area contributed by atoms with E-state index in [4.69, 9.17) is 0 Å². The van der Waals surface area contributed by atoms with Crippen molar-refractivity contribution in [1.82, 2.24) is 5.32 Å². The van der Waals surface area contributed by atoms with E-state index in [1.54, 1.807) is 0 Å². The number of benzene rings is 1. The maximum Gasteiger partial charge on any atom is 0.165 e. The van der Waals surface area contributed by atoms with Gasteiger partial charge in [0.15, 0.2) is 11.6 Å². The van der Waals surface area contributed by atoms with Gasteiger partial charge >= 0.3 is 0 Å². The molecule has 1 aliphatic rings. The Morgan fingerprint density at radius 1 is 1.31 bits per heavy atom. The van der Waals surface area contributed by atoms with Crippen LogP contribution >= 0.6 is 0 Å². The maximum atomic E-state index is 13.9. The van der Waals surface area contributed by atoms with Crippen molar-refractivity contribution in [3.63, 3.8) is 0 Å². The fraction of sp³-hybridized carbons (Fsp3) is 0.500. The van der Waals surface area contributed by atoms with E-state index in [1.807, 2.05) is 0 Å². The predicted molar refractivity (Wildman–Crippen MR) is 56.0 cm³/mol. The van der Waals surface area contributed by atoms with E-state index in [9.17, 15) is 13.2 Å². The van der Waals surface area contributed by atoms with Crippen molar-refractivity contribution < 1.29 is 13.2 Å². The van der Waals surface area contributed by atoms with Crippen molar-refractivity contribution >= 4 is 0 Å². The standard InChI is InChI=1S/C12H14F3N/c1-7-4-5-8(12(15)10(7)13)11(14)9-3-2-6-16-9/h4-5,9,11,16H,2-3,6H2,1H3. The highest BCUT2D eigenvalue weighted by Crippen LogP contribution is 2.30. The lowest BCUT2D eigenvalue weighted by Gasteiger charge is -2.17. The fourth-order valence-corrected chi connectivity index (χ4v) is 2.05. The highest BCUT2D eigenvalue weighted by molar-refractivity contribution is 5.28. The average Bonchev–Trinajstić information content (AvgIpc) is 2.79. The summed E-state index contributed by atoms with van der Waals surface area (Å²) in [4.78, 5) is 0. The third kappa shape index (κ3) is 1.94. The molecule has 1 aliphatic heterocycles. The molecule has 16 heavy (non-hydrogen) atoms. The number of alkyl halides is 1. The molecular formula is C12H14F3N. The molecule has 1 aromatic rings. The molecule has 0 aliphatic carbocycles. The van der Waals surface area contributed by atoms with Crippen LogP contribution in [0, 0.1) is 18.6 Å². The molecule has 0 bridgehead atoms. The summed E-state index contributed by atoms with van der Waals surface area (Å²) in [5.41, 5.74) is 0.0235. The summed E-state index contributed by atoms with van der Waals surface area (Å²) in [5, 5.41) is 2.95. The van der Waals surface area contributed by atoms with Crippen molar-refractivity contribution in [2.45, 2.75) is 32.0 Å². The lowest BCUT2D eigenvalue weighted by Crippen LogP contribution is -2.27. The summed E-state index contributed by atoms with van der Waals surface area (Å²) >= 11 is 0. The van der Waals surface area contributed by atoms with Crippen LogP contribution in [0.25, 0.3) is 0 Å². The minimum Gasteiger partial charge on any atom is -0.311 e. The van der Waals surface area contributed by atoms with Crippen LogP contribution in [-0.2, 0) is 0 Å². The Balaban J connectivity index is 2.29. The van der Waals surface area contributed by atoms with E-state index in [0.717, 1.165) is 13.0 Å². The molecule has 1 aromatic carbocycles. The van der Waals surface area contributed by atoms with Crippen LogP contribution in [0.4, 0.5) is 13.2 Å². The molecule has 88 valence electrons. The molecule has 4 heteroatoms. The monoisotopic (exact) mass is 229 g/mol. The highest BCUT2D eigenvalue weighted by atomic mass is 19.2. The molecule has 2 atom stereocenters. The second-order valence-corrected chi connectivity index (χ2v) is 4.20. The van der Waals surface area contributed by atoms with Crippen LogP contribution in [0.3, 0.4) is 0 Å². The van der Waals surface area contributed by atoms with Gasteiger partial charge in [-0.1, -0.05) is 12.1 Å². The SMILES string of the molecule is Cc1ccc(C(F)C2CCCN2)c(F)c1F. The predicted octanol–water partition coefficient (Wildman–Crippen LogP) is 3.04. The van der Waals surface area contributed by atoms with Crippen LogP contribution in [0.1, 0.15) is 30.1 Å². The van der Waals surface area contributed by atoms with E-state index < -0.39 is 23.8 Å². The second-order valence-electron chi connectivity index (χ2n) is 4.20. The molecule has 0 saturated carbocycles. The summed E-state index contributed by atoms with van der Waals surface area (Å²) in [5.74, 6) is -2.00. The average molecular weight is 229 g/mol. The molecule has 1 nitrogen and oxygen atoms in total. The molecule has 1 fully saturated rings. The Labute approximate surface area is 92.7 Å². The molecule has 0 amide bonds. The Kier molecular flexibility index (Phi) is 3.19. The summed E-state index contributed by atoms with van der Waals surface area (Å²) < 4.78 is 40.7. The fourth-order valence-electron chi connectivity index (χ4n) is 2.05. The molecule has 2 rings (SSSR count). The maximum absolute atomic E-state index is 13.9. The molecule has 0 spiro atoms. The van der Waals surface area contributed by atoms with Crippen LogP contribution in [0.2, 0.25) is 0 Å². The van der Waals surface area contributed by atoms with Gasteiger partial charge in [-0.15, -0.1) is 0 Å². The van der Waals surface area contributed by atoms with Crippen LogP contribution in [0.5, 0.6) is 0 Å². The summed E-state index contributed by atoms with van der Waals surface area (Å²) in [7, 11) is 0. The van der Waals surface area contributed by atoms with E-state index >= 15 is 0 Å². The Bertz CT molecular complexity index is 386. The van der Waals surface area contributed by atoms with Crippen LogP contribution in [0.15, 0.2) is 12.1 Å². The summed E-state index contributed by atoms with van der Waals surface area (Å²) in [6.07, 6.45) is 0.0644. The van der Waals surface area contributed by atoms with Gasteiger partial charge in [-0.25, -0.2) is 13.2 Å². The van der Waals surface area contributed by atoms with E-state index in [2.05, 4.69) is 5.32 Å². The van der Waals surface area contributed by atoms with Crippen LogP contribution in [-0.4, -0.2) is 12.6 Å². The number of hydrogen-bond donors (Lipinski definition) is 1. The Hall–Kier alpha value is -1.03. The van der Waals surface area contributed by atoms with Crippen molar-refractivity contribution in [2.24, 2.45) is 0 Å². The van der Waals surface area contributed by atoms with Gasteiger partial charge in [-0.05, 0) is 31.9 Å².